The largest absolute Gasteiger partial charge is 0.478 e. The minimum atomic E-state index is -3.82. The number of nitrogens with one attached hydrogen (secondary N) is 2. The fourth-order valence-electron chi connectivity index (χ4n) is 3.25. The highest BCUT2D eigenvalue weighted by Gasteiger charge is 2.25. The summed E-state index contributed by atoms with van der Waals surface area (Å²) in [7, 11) is -3.82. The van der Waals surface area contributed by atoms with Crippen LogP contribution in [-0.2, 0) is 14.8 Å². The van der Waals surface area contributed by atoms with Gasteiger partial charge in [-0.2, -0.15) is 0 Å². The van der Waals surface area contributed by atoms with Crippen LogP contribution in [0.1, 0.15) is 62.2 Å². The third kappa shape index (κ3) is 6.79. The van der Waals surface area contributed by atoms with Crippen molar-refractivity contribution in [3.05, 3.63) is 23.8 Å². The van der Waals surface area contributed by atoms with E-state index >= 15 is 0 Å². The van der Waals surface area contributed by atoms with Crippen molar-refractivity contribution in [1.82, 2.24) is 4.72 Å². The predicted octanol–water partition coefficient (Wildman–Crippen LogP) is 3.22. The van der Waals surface area contributed by atoms with Gasteiger partial charge in [0.1, 0.15) is 4.90 Å². The lowest BCUT2D eigenvalue weighted by atomic mass is 10.1. The lowest BCUT2D eigenvalue weighted by Crippen LogP contribution is -2.35. The van der Waals surface area contributed by atoms with Crippen LogP contribution in [0.2, 0.25) is 0 Å². The van der Waals surface area contributed by atoms with Crippen LogP contribution < -0.4 is 10.0 Å². The zero-order valence-corrected chi connectivity index (χ0v) is 16.7. The maximum absolute atomic E-state index is 13.0. The standard InChI is InChI=1S/C19H30N2O5S/c1-2-26-13-7-12-20-17-11-10-15(19(22)23)14-18(17)27(24,25)21-16-8-5-3-4-6-9-16/h10-11,14,16,20-21H,2-9,12-13H2,1H3,(H,22,23). The molecule has 0 radical (unpaired) electrons. The molecular weight excluding hydrogens is 368 g/mol. The van der Waals surface area contributed by atoms with Crippen molar-refractivity contribution in [2.75, 3.05) is 25.1 Å². The van der Waals surface area contributed by atoms with Crippen LogP contribution in [0.25, 0.3) is 0 Å². The van der Waals surface area contributed by atoms with E-state index < -0.39 is 16.0 Å². The number of hydrogen-bond acceptors (Lipinski definition) is 5. The zero-order valence-electron chi connectivity index (χ0n) is 15.9. The highest BCUT2D eigenvalue weighted by molar-refractivity contribution is 7.89. The van der Waals surface area contributed by atoms with Crippen LogP contribution in [0.5, 0.6) is 0 Å². The van der Waals surface area contributed by atoms with E-state index in [0.717, 1.165) is 44.9 Å². The molecule has 0 aliphatic heterocycles. The maximum Gasteiger partial charge on any atom is 0.335 e. The van der Waals surface area contributed by atoms with Gasteiger partial charge in [-0.3, -0.25) is 0 Å². The van der Waals surface area contributed by atoms with Gasteiger partial charge in [0.2, 0.25) is 10.0 Å². The Morgan fingerprint density at radius 2 is 1.93 bits per heavy atom. The van der Waals surface area contributed by atoms with Crippen LogP contribution in [0.15, 0.2) is 23.1 Å². The first kappa shape index (κ1) is 21.7. The second-order valence-corrected chi connectivity index (χ2v) is 8.49. The van der Waals surface area contributed by atoms with Gasteiger partial charge in [0.05, 0.1) is 11.3 Å². The second kappa shape index (κ2) is 10.6. The smallest absolute Gasteiger partial charge is 0.335 e. The molecule has 0 saturated heterocycles. The number of benzene rings is 1. The molecule has 1 aliphatic rings. The van der Waals surface area contributed by atoms with Crippen molar-refractivity contribution in [2.24, 2.45) is 0 Å². The fourth-order valence-corrected chi connectivity index (χ4v) is 4.76. The summed E-state index contributed by atoms with van der Waals surface area (Å²) in [5, 5.41) is 12.3. The van der Waals surface area contributed by atoms with Crippen molar-refractivity contribution in [3.8, 4) is 0 Å². The second-order valence-electron chi connectivity index (χ2n) is 6.80. The summed E-state index contributed by atoms with van der Waals surface area (Å²) in [6.45, 7) is 3.68. The quantitative estimate of drug-likeness (QED) is 0.413. The van der Waals surface area contributed by atoms with Gasteiger partial charge in [0, 0.05) is 25.8 Å². The van der Waals surface area contributed by atoms with Crippen molar-refractivity contribution in [1.29, 1.82) is 0 Å². The van der Waals surface area contributed by atoms with E-state index in [9.17, 15) is 18.3 Å². The third-order valence-electron chi connectivity index (χ3n) is 4.68. The Bertz CT molecular complexity index is 713. The first-order chi connectivity index (χ1) is 12.9. The molecule has 0 amide bonds. The molecule has 0 heterocycles. The Kier molecular flexibility index (Phi) is 8.53. The van der Waals surface area contributed by atoms with E-state index in [2.05, 4.69) is 10.0 Å². The monoisotopic (exact) mass is 398 g/mol. The van der Waals surface area contributed by atoms with Gasteiger partial charge in [0.25, 0.3) is 0 Å². The van der Waals surface area contributed by atoms with Gasteiger partial charge in [0.15, 0.2) is 0 Å². The van der Waals surface area contributed by atoms with Crippen LogP contribution >= 0.6 is 0 Å². The number of carboxylic acid groups (broad SMARTS) is 1. The number of anilines is 1. The van der Waals surface area contributed by atoms with Crippen LogP contribution in [0.3, 0.4) is 0 Å². The molecule has 0 bridgehead atoms. The van der Waals surface area contributed by atoms with E-state index in [1.54, 1.807) is 0 Å². The molecule has 0 atom stereocenters. The number of carboxylic acids is 1. The number of rotatable bonds is 10. The summed E-state index contributed by atoms with van der Waals surface area (Å²) in [6.07, 6.45) is 6.61. The van der Waals surface area contributed by atoms with E-state index in [4.69, 9.17) is 4.74 Å². The van der Waals surface area contributed by atoms with E-state index in [0.29, 0.717) is 25.4 Å². The fraction of sp³-hybridized carbons (Fsp3) is 0.632. The summed E-state index contributed by atoms with van der Waals surface area (Å²) >= 11 is 0. The summed E-state index contributed by atoms with van der Waals surface area (Å²) < 4.78 is 34.0. The highest BCUT2D eigenvalue weighted by atomic mass is 32.2. The molecule has 2 rings (SSSR count). The van der Waals surface area contributed by atoms with Gasteiger partial charge in [-0.15, -0.1) is 0 Å². The number of sulfonamides is 1. The first-order valence-corrected chi connectivity index (χ1v) is 11.1. The topological polar surface area (TPSA) is 105 Å². The Labute approximate surface area is 161 Å². The summed E-state index contributed by atoms with van der Waals surface area (Å²) in [6, 6.07) is 4.06. The van der Waals surface area contributed by atoms with Gasteiger partial charge in [-0.05, 0) is 44.4 Å². The molecule has 1 aromatic carbocycles. The normalized spacial score (nSPS) is 16.0. The predicted molar refractivity (Wildman–Crippen MR) is 105 cm³/mol. The minimum Gasteiger partial charge on any atom is -0.478 e. The third-order valence-corrected chi connectivity index (χ3v) is 6.24. The number of aromatic carboxylic acids is 1. The lowest BCUT2D eigenvalue weighted by molar-refractivity contribution is 0.0696. The molecule has 3 N–H and O–H groups in total. The zero-order chi connectivity index (χ0) is 19.7. The van der Waals surface area contributed by atoms with Crippen molar-refractivity contribution in [3.63, 3.8) is 0 Å². The molecule has 1 fully saturated rings. The van der Waals surface area contributed by atoms with Crippen molar-refractivity contribution < 1.29 is 23.1 Å². The maximum atomic E-state index is 13.0. The van der Waals surface area contributed by atoms with Gasteiger partial charge < -0.3 is 15.2 Å². The van der Waals surface area contributed by atoms with E-state index in [1.165, 1.54) is 18.2 Å². The Balaban J connectivity index is 2.18. The minimum absolute atomic E-state index is 0.0111. The Morgan fingerprint density at radius 1 is 1.22 bits per heavy atom. The molecule has 7 nitrogen and oxygen atoms in total. The molecule has 27 heavy (non-hydrogen) atoms. The van der Waals surface area contributed by atoms with E-state index in [-0.39, 0.29) is 16.5 Å². The SMILES string of the molecule is CCOCCCNc1ccc(C(=O)O)cc1S(=O)(=O)NC1CCCCCC1. The van der Waals surface area contributed by atoms with Gasteiger partial charge in [-0.25, -0.2) is 17.9 Å². The number of ether oxygens (including phenoxy) is 1. The highest BCUT2D eigenvalue weighted by Crippen LogP contribution is 2.25. The van der Waals surface area contributed by atoms with Crippen molar-refractivity contribution >= 4 is 21.7 Å². The lowest BCUT2D eigenvalue weighted by Gasteiger charge is -2.19. The Hall–Kier alpha value is -1.64. The molecular formula is C19H30N2O5S. The molecule has 152 valence electrons. The first-order valence-electron chi connectivity index (χ1n) is 9.65. The molecule has 0 unspecified atom stereocenters. The Morgan fingerprint density at radius 3 is 2.56 bits per heavy atom. The molecule has 0 aromatic heterocycles. The number of hydrogen-bond donors (Lipinski definition) is 3. The van der Waals surface area contributed by atoms with E-state index in [1.807, 2.05) is 6.92 Å². The summed E-state index contributed by atoms with van der Waals surface area (Å²) in [5.74, 6) is -1.15. The van der Waals surface area contributed by atoms with Crippen LogP contribution in [0, 0.1) is 0 Å². The van der Waals surface area contributed by atoms with Gasteiger partial charge >= 0.3 is 5.97 Å². The average Bonchev–Trinajstić information content (AvgIpc) is 2.89. The molecule has 1 saturated carbocycles. The average molecular weight is 399 g/mol. The van der Waals surface area contributed by atoms with Crippen LogP contribution in [0.4, 0.5) is 5.69 Å². The van der Waals surface area contributed by atoms with Crippen molar-refractivity contribution in [2.45, 2.75) is 62.8 Å². The van der Waals surface area contributed by atoms with Crippen LogP contribution in [-0.4, -0.2) is 45.3 Å². The molecule has 1 aliphatic carbocycles. The molecule has 1 aromatic rings. The van der Waals surface area contributed by atoms with Gasteiger partial charge in [-0.1, -0.05) is 25.7 Å². The molecule has 8 heteroatoms. The summed E-state index contributed by atoms with van der Waals surface area (Å²) in [4.78, 5) is 11.3. The summed E-state index contributed by atoms with van der Waals surface area (Å²) in [5.41, 5.74) is 0.369. The number of carbonyl (C=O) groups is 1. The molecule has 0 spiro atoms.